The van der Waals surface area contributed by atoms with E-state index in [0.29, 0.717) is 0 Å². The van der Waals surface area contributed by atoms with Crippen molar-refractivity contribution in [2.75, 3.05) is 0 Å². The molecule has 0 nitrogen and oxygen atoms in total. The fourth-order valence-corrected chi connectivity index (χ4v) is 0.953. The predicted octanol–water partition coefficient (Wildman–Crippen LogP) is 5.25. The summed E-state index contributed by atoms with van der Waals surface area (Å²) in [6.45, 7) is 13.4. The van der Waals surface area contributed by atoms with Gasteiger partial charge in [-0.25, -0.2) is 0 Å². The van der Waals surface area contributed by atoms with Gasteiger partial charge in [0.2, 0.25) is 0 Å². The monoisotopic (exact) mass is 204 g/mol. The molecule has 0 bridgehead atoms. The van der Waals surface area contributed by atoms with Crippen LogP contribution in [-0.4, -0.2) is 0 Å². The Labute approximate surface area is 95.3 Å². The molecule has 0 heterocycles. The molecule has 0 unspecified atom stereocenters. The Morgan fingerprint density at radius 3 is 1.93 bits per heavy atom. The number of allylic oxidation sites excluding steroid dienone is 2. The van der Waals surface area contributed by atoms with Gasteiger partial charge in [-0.1, -0.05) is 56.3 Å². The molecule has 0 aliphatic carbocycles. The molecular weight excluding hydrogens is 180 g/mol. The standard InChI is InChI=1S/C10H12.C3H6.C2H6/c1-3-6-10-8-5-4-7-9(10)2;1-3-2;1-2/h3-8H,1-2H3;3H,1H2,2H3;1-2H3/b6-3-;;. The van der Waals surface area contributed by atoms with Crippen LogP contribution in [0.2, 0.25) is 0 Å². The van der Waals surface area contributed by atoms with Gasteiger partial charge in [-0.3, -0.25) is 0 Å². The van der Waals surface area contributed by atoms with Gasteiger partial charge in [0, 0.05) is 0 Å². The lowest BCUT2D eigenvalue weighted by molar-refractivity contribution is 1.44. The van der Waals surface area contributed by atoms with Gasteiger partial charge in [0.15, 0.2) is 0 Å². The van der Waals surface area contributed by atoms with E-state index in [1.807, 2.05) is 27.7 Å². The van der Waals surface area contributed by atoms with E-state index in [1.165, 1.54) is 11.1 Å². The zero-order chi connectivity index (χ0) is 12.1. The lowest BCUT2D eigenvalue weighted by Crippen LogP contribution is -1.76. The minimum Gasteiger partial charge on any atom is -0.103 e. The van der Waals surface area contributed by atoms with Gasteiger partial charge in [0.25, 0.3) is 0 Å². The van der Waals surface area contributed by atoms with E-state index >= 15 is 0 Å². The third-order valence-corrected chi connectivity index (χ3v) is 1.53. The van der Waals surface area contributed by atoms with E-state index < -0.39 is 0 Å². The van der Waals surface area contributed by atoms with Gasteiger partial charge in [0.1, 0.15) is 0 Å². The van der Waals surface area contributed by atoms with Crippen molar-refractivity contribution in [3.8, 4) is 0 Å². The predicted molar refractivity (Wildman–Crippen MR) is 73.1 cm³/mol. The molecule has 0 saturated heterocycles. The molecule has 0 N–H and O–H groups in total. The van der Waals surface area contributed by atoms with E-state index in [2.05, 4.69) is 49.9 Å². The molecule has 0 saturated carbocycles. The van der Waals surface area contributed by atoms with E-state index in [0.717, 1.165) is 0 Å². The average molecular weight is 204 g/mol. The molecule has 0 amide bonds. The van der Waals surface area contributed by atoms with Gasteiger partial charge < -0.3 is 0 Å². The van der Waals surface area contributed by atoms with Crippen LogP contribution < -0.4 is 0 Å². The van der Waals surface area contributed by atoms with E-state index in [4.69, 9.17) is 0 Å². The largest absolute Gasteiger partial charge is 0.103 e. The molecule has 1 rings (SSSR count). The first kappa shape index (κ1) is 16.1. The molecule has 15 heavy (non-hydrogen) atoms. The maximum absolute atomic E-state index is 3.36. The second-order valence-electron chi connectivity index (χ2n) is 2.76. The van der Waals surface area contributed by atoms with Gasteiger partial charge in [-0.15, -0.1) is 6.58 Å². The highest BCUT2D eigenvalue weighted by Gasteiger charge is 1.87. The molecule has 1 aromatic carbocycles. The van der Waals surface area contributed by atoms with Gasteiger partial charge in [-0.05, 0) is 31.9 Å². The van der Waals surface area contributed by atoms with Crippen LogP contribution in [0, 0.1) is 6.92 Å². The quantitative estimate of drug-likeness (QED) is 0.548. The van der Waals surface area contributed by atoms with Gasteiger partial charge in [-0.2, -0.15) is 0 Å². The summed E-state index contributed by atoms with van der Waals surface area (Å²) in [4.78, 5) is 0. The Balaban J connectivity index is 0. The molecule has 0 aromatic heterocycles. The molecule has 0 aliphatic rings. The number of rotatable bonds is 1. The number of aryl methyl sites for hydroxylation is 1. The van der Waals surface area contributed by atoms with Crippen molar-refractivity contribution in [3.63, 3.8) is 0 Å². The SMILES string of the molecule is C/C=C\c1ccccc1C.C=CC.CC. The highest BCUT2D eigenvalue weighted by molar-refractivity contribution is 5.52. The van der Waals surface area contributed by atoms with E-state index in [9.17, 15) is 0 Å². The maximum atomic E-state index is 3.36. The normalized spacial score (nSPS) is 8.33. The van der Waals surface area contributed by atoms with Crippen LogP contribution in [0.3, 0.4) is 0 Å². The number of benzene rings is 1. The molecule has 0 spiro atoms. The molecule has 0 heteroatoms. The van der Waals surface area contributed by atoms with Crippen molar-refractivity contribution in [3.05, 3.63) is 54.1 Å². The zero-order valence-corrected chi connectivity index (χ0v) is 10.7. The summed E-state index contributed by atoms with van der Waals surface area (Å²) in [5.41, 5.74) is 2.64. The van der Waals surface area contributed by atoms with E-state index in [1.54, 1.807) is 6.08 Å². The second kappa shape index (κ2) is 12.7. The Morgan fingerprint density at radius 1 is 1.07 bits per heavy atom. The van der Waals surface area contributed by atoms with Crippen LogP contribution in [0.5, 0.6) is 0 Å². The Bertz CT molecular complexity index is 269. The zero-order valence-electron chi connectivity index (χ0n) is 10.7. The summed E-state index contributed by atoms with van der Waals surface area (Å²) in [5, 5.41) is 0. The maximum Gasteiger partial charge on any atom is -0.0231 e. The van der Waals surface area contributed by atoms with Crippen molar-refractivity contribution in [2.45, 2.75) is 34.6 Å². The summed E-state index contributed by atoms with van der Waals surface area (Å²) in [5.74, 6) is 0. The molecule has 84 valence electrons. The fraction of sp³-hybridized carbons (Fsp3) is 0.333. The molecular formula is C15H24. The van der Waals surface area contributed by atoms with Crippen LogP contribution in [-0.2, 0) is 0 Å². The molecule has 0 aliphatic heterocycles. The first-order chi connectivity index (χ1) is 7.26. The molecule has 1 aromatic rings. The van der Waals surface area contributed by atoms with Gasteiger partial charge >= 0.3 is 0 Å². The van der Waals surface area contributed by atoms with Crippen molar-refractivity contribution in [2.24, 2.45) is 0 Å². The Kier molecular flexibility index (Phi) is 13.7. The third kappa shape index (κ3) is 9.01. The van der Waals surface area contributed by atoms with Crippen molar-refractivity contribution in [1.82, 2.24) is 0 Å². The summed E-state index contributed by atoms with van der Waals surface area (Å²) in [6.07, 6.45) is 5.93. The van der Waals surface area contributed by atoms with Crippen molar-refractivity contribution < 1.29 is 0 Å². The lowest BCUT2D eigenvalue weighted by atomic mass is 10.1. The fourth-order valence-electron chi connectivity index (χ4n) is 0.953. The summed E-state index contributed by atoms with van der Waals surface area (Å²) in [7, 11) is 0. The number of hydrogen-bond acceptors (Lipinski definition) is 0. The highest BCUT2D eigenvalue weighted by atomic mass is 13.9. The lowest BCUT2D eigenvalue weighted by Gasteiger charge is -1.96. The third-order valence-electron chi connectivity index (χ3n) is 1.53. The summed E-state index contributed by atoms with van der Waals surface area (Å²) < 4.78 is 0. The average Bonchev–Trinajstić information content (AvgIpc) is 2.26. The molecule has 0 radical (unpaired) electrons. The summed E-state index contributed by atoms with van der Waals surface area (Å²) >= 11 is 0. The van der Waals surface area contributed by atoms with Crippen molar-refractivity contribution >= 4 is 6.08 Å². The molecule has 0 fully saturated rings. The molecule has 0 atom stereocenters. The smallest absolute Gasteiger partial charge is 0.0231 e. The summed E-state index contributed by atoms with van der Waals surface area (Å²) in [6, 6.07) is 8.36. The Hall–Kier alpha value is -1.30. The van der Waals surface area contributed by atoms with Crippen LogP contribution in [0.4, 0.5) is 0 Å². The van der Waals surface area contributed by atoms with Crippen LogP contribution >= 0.6 is 0 Å². The highest BCUT2D eigenvalue weighted by Crippen LogP contribution is 2.07. The Morgan fingerprint density at radius 2 is 1.53 bits per heavy atom. The van der Waals surface area contributed by atoms with Gasteiger partial charge in [0.05, 0.1) is 0 Å². The van der Waals surface area contributed by atoms with E-state index in [-0.39, 0.29) is 0 Å². The van der Waals surface area contributed by atoms with Crippen LogP contribution in [0.1, 0.15) is 38.8 Å². The topological polar surface area (TPSA) is 0 Å². The first-order valence-electron chi connectivity index (χ1n) is 5.51. The van der Waals surface area contributed by atoms with Crippen LogP contribution in [0.25, 0.3) is 6.08 Å². The minimum atomic E-state index is 1.31. The minimum absolute atomic E-state index is 1.31. The van der Waals surface area contributed by atoms with Crippen molar-refractivity contribution in [1.29, 1.82) is 0 Å². The van der Waals surface area contributed by atoms with Crippen LogP contribution in [0.15, 0.2) is 43.0 Å². The first-order valence-corrected chi connectivity index (χ1v) is 5.51. The number of hydrogen-bond donors (Lipinski definition) is 0. The second-order valence-corrected chi connectivity index (χ2v) is 2.76.